The van der Waals surface area contributed by atoms with E-state index >= 15 is 0 Å². The Hall–Kier alpha value is -1.07. The first-order valence-electron chi connectivity index (χ1n) is 3.29. The highest BCUT2D eigenvalue weighted by Gasteiger charge is 2.07. The van der Waals surface area contributed by atoms with Crippen LogP contribution in [0.4, 0.5) is 5.69 Å². The zero-order chi connectivity index (χ0) is 9.19. The third kappa shape index (κ3) is 1.96. The number of nitrogens with one attached hydrogen (secondary N) is 1. The molecule has 0 aromatic heterocycles. The second kappa shape index (κ2) is 3.12. The van der Waals surface area contributed by atoms with Crippen LogP contribution in [0.2, 0.25) is 0 Å². The zero-order valence-electron chi connectivity index (χ0n) is 6.48. The Kier molecular flexibility index (Phi) is 2.35. The molecule has 0 fully saturated rings. The van der Waals surface area contributed by atoms with Crippen LogP contribution in [-0.2, 0) is 10.1 Å². The van der Waals surface area contributed by atoms with Crippen LogP contribution in [0.3, 0.4) is 0 Å². The second-order valence-electron chi connectivity index (χ2n) is 2.25. The lowest BCUT2D eigenvalue weighted by Gasteiger charge is -1.99. The van der Waals surface area contributed by atoms with Gasteiger partial charge in [0.05, 0.1) is 4.90 Å². The van der Waals surface area contributed by atoms with Gasteiger partial charge in [0.15, 0.2) is 0 Å². The fourth-order valence-electron chi connectivity index (χ4n) is 0.794. The molecule has 5 heteroatoms. The van der Waals surface area contributed by atoms with Gasteiger partial charge in [-0.15, -0.1) is 0 Å². The average molecular weight is 189 g/mol. The third-order valence-corrected chi connectivity index (χ3v) is 2.31. The minimum atomic E-state index is -4.06. The standard InChI is InChI=1S/C7H9NO3S.H2/c1-8-6-2-4-7(5-3-6)12(9,10)11;/h2-5,8H,1H3,(H,9,10,11);1H. The summed E-state index contributed by atoms with van der Waals surface area (Å²) in [6.07, 6.45) is 0. The SMILES string of the molecule is CNc1ccc(S(=O)(=O)O)cc1.[HH]. The molecule has 12 heavy (non-hydrogen) atoms. The molecule has 0 saturated heterocycles. The molecule has 1 aromatic carbocycles. The van der Waals surface area contributed by atoms with Gasteiger partial charge in [-0.25, -0.2) is 0 Å². The van der Waals surface area contributed by atoms with Gasteiger partial charge in [0.2, 0.25) is 0 Å². The second-order valence-corrected chi connectivity index (χ2v) is 3.67. The highest BCUT2D eigenvalue weighted by atomic mass is 32.2. The van der Waals surface area contributed by atoms with Crippen LogP contribution in [0.25, 0.3) is 0 Å². The van der Waals surface area contributed by atoms with E-state index in [2.05, 4.69) is 5.32 Å². The van der Waals surface area contributed by atoms with Crippen LogP contribution >= 0.6 is 0 Å². The normalized spacial score (nSPS) is 11.2. The van der Waals surface area contributed by atoms with Crippen LogP contribution in [0, 0.1) is 0 Å². The van der Waals surface area contributed by atoms with E-state index in [0.29, 0.717) is 0 Å². The van der Waals surface area contributed by atoms with Gasteiger partial charge in [-0.3, -0.25) is 4.55 Å². The van der Waals surface area contributed by atoms with Crippen molar-refractivity contribution >= 4 is 15.8 Å². The van der Waals surface area contributed by atoms with Crippen molar-refractivity contribution in [1.82, 2.24) is 0 Å². The molecular weight excluding hydrogens is 178 g/mol. The van der Waals surface area contributed by atoms with Crippen molar-refractivity contribution in [1.29, 1.82) is 0 Å². The molecule has 0 spiro atoms. The molecule has 4 nitrogen and oxygen atoms in total. The first-order chi connectivity index (χ1) is 5.54. The predicted molar refractivity (Wildman–Crippen MR) is 47.9 cm³/mol. The van der Waals surface area contributed by atoms with Gasteiger partial charge in [-0.1, -0.05) is 0 Å². The van der Waals surface area contributed by atoms with Gasteiger partial charge in [-0.2, -0.15) is 8.42 Å². The van der Waals surface area contributed by atoms with Crippen LogP contribution in [0.15, 0.2) is 29.2 Å². The molecule has 0 unspecified atom stereocenters. The lowest BCUT2D eigenvalue weighted by molar-refractivity contribution is 0.483. The topological polar surface area (TPSA) is 66.4 Å². The smallest absolute Gasteiger partial charge is 0.294 e. The van der Waals surface area contributed by atoms with Gasteiger partial charge >= 0.3 is 0 Å². The molecule has 0 bridgehead atoms. The fraction of sp³-hybridized carbons (Fsp3) is 0.143. The van der Waals surface area contributed by atoms with E-state index in [1.165, 1.54) is 12.1 Å². The van der Waals surface area contributed by atoms with Gasteiger partial charge < -0.3 is 5.32 Å². The van der Waals surface area contributed by atoms with Crippen molar-refractivity contribution in [3.8, 4) is 0 Å². The van der Waals surface area contributed by atoms with E-state index in [-0.39, 0.29) is 6.32 Å². The van der Waals surface area contributed by atoms with Gasteiger partial charge in [0.1, 0.15) is 0 Å². The van der Waals surface area contributed by atoms with E-state index in [1.807, 2.05) is 0 Å². The monoisotopic (exact) mass is 189 g/mol. The molecule has 0 aliphatic rings. The van der Waals surface area contributed by atoms with Gasteiger partial charge in [-0.05, 0) is 24.3 Å². The molecule has 0 heterocycles. The van der Waals surface area contributed by atoms with E-state index < -0.39 is 10.1 Å². The molecule has 1 rings (SSSR count). The van der Waals surface area contributed by atoms with Crippen molar-refractivity contribution in [2.75, 3.05) is 12.4 Å². The van der Waals surface area contributed by atoms with Crippen molar-refractivity contribution in [2.45, 2.75) is 4.90 Å². The minimum Gasteiger partial charge on any atom is -0.388 e. The van der Waals surface area contributed by atoms with Crippen molar-refractivity contribution in [3.63, 3.8) is 0 Å². The Morgan fingerprint density at radius 3 is 2.17 bits per heavy atom. The quantitative estimate of drug-likeness (QED) is 0.686. The maximum Gasteiger partial charge on any atom is 0.294 e. The molecule has 0 aliphatic heterocycles. The number of hydrogen-bond acceptors (Lipinski definition) is 3. The van der Waals surface area contributed by atoms with Crippen LogP contribution in [0.5, 0.6) is 0 Å². The highest BCUT2D eigenvalue weighted by Crippen LogP contribution is 2.12. The van der Waals surface area contributed by atoms with Crippen molar-refractivity contribution < 1.29 is 14.4 Å². The molecule has 0 radical (unpaired) electrons. The largest absolute Gasteiger partial charge is 0.388 e. The van der Waals surface area contributed by atoms with E-state index in [1.54, 1.807) is 19.2 Å². The minimum absolute atomic E-state index is 0. The lowest BCUT2D eigenvalue weighted by Crippen LogP contribution is -1.97. The van der Waals surface area contributed by atoms with E-state index in [4.69, 9.17) is 4.55 Å². The first-order valence-corrected chi connectivity index (χ1v) is 4.73. The summed E-state index contributed by atoms with van der Waals surface area (Å²) >= 11 is 0. The molecule has 2 N–H and O–H groups in total. The molecule has 68 valence electrons. The summed E-state index contributed by atoms with van der Waals surface area (Å²) in [5.41, 5.74) is 0.794. The summed E-state index contributed by atoms with van der Waals surface area (Å²) in [5, 5.41) is 2.83. The average Bonchev–Trinajstić information content (AvgIpc) is 2.03. The lowest BCUT2D eigenvalue weighted by atomic mass is 10.3. The van der Waals surface area contributed by atoms with E-state index in [9.17, 15) is 8.42 Å². The molecule has 0 amide bonds. The van der Waals surface area contributed by atoms with Crippen molar-refractivity contribution in [2.24, 2.45) is 0 Å². The Morgan fingerprint density at radius 2 is 1.83 bits per heavy atom. The Labute approximate surface area is 72.5 Å². The van der Waals surface area contributed by atoms with E-state index in [0.717, 1.165) is 5.69 Å². The molecule has 0 aliphatic carbocycles. The summed E-state index contributed by atoms with van der Waals surface area (Å²) in [6, 6.07) is 5.81. The van der Waals surface area contributed by atoms with Gasteiger partial charge in [0, 0.05) is 14.2 Å². The molecule has 0 saturated carbocycles. The molecule has 0 atom stereocenters. The Bertz CT molecular complexity index is 360. The molecular formula is C7H11NO3S. The van der Waals surface area contributed by atoms with Gasteiger partial charge in [0.25, 0.3) is 10.1 Å². The number of rotatable bonds is 2. The zero-order valence-corrected chi connectivity index (χ0v) is 7.30. The Morgan fingerprint density at radius 1 is 1.33 bits per heavy atom. The Balaban J connectivity index is 0.00000144. The summed E-state index contributed by atoms with van der Waals surface area (Å²) in [5.74, 6) is 0. The maximum absolute atomic E-state index is 10.6. The first kappa shape index (κ1) is 9.02. The highest BCUT2D eigenvalue weighted by molar-refractivity contribution is 7.85. The van der Waals surface area contributed by atoms with Crippen LogP contribution in [0.1, 0.15) is 1.43 Å². The van der Waals surface area contributed by atoms with Crippen LogP contribution in [-0.4, -0.2) is 20.0 Å². The maximum atomic E-state index is 10.6. The predicted octanol–water partition coefficient (Wildman–Crippen LogP) is 1.22. The number of benzene rings is 1. The number of hydrogen-bond donors (Lipinski definition) is 2. The summed E-state index contributed by atoms with van der Waals surface area (Å²) in [6.45, 7) is 0. The summed E-state index contributed by atoms with van der Waals surface area (Å²) in [4.78, 5) is -0.0958. The molecule has 1 aromatic rings. The van der Waals surface area contributed by atoms with Crippen LogP contribution < -0.4 is 5.32 Å². The third-order valence-electron chi connectivity index (χ3n) is 1.44. The number of anilines is 1. The summed E-state index contributed by atoms with van der Waals surface area (Å²) in [7, 11) is -2.33. The fourth-order valence-corrected chi connectivity index (χ4v) is 1.27. The summed E-state index contributed by atoms with van der Waals surface area (Å²) < 4.78 is 29.7. The van der Waals surface area contributed by atoms with Crippen molar-refractivity contribution in [3.05, 3.63) is 24.3 Å².